The van der Waals surface area contributed by atoms with Crippen LogP contribution in [0, 0.1) is 6.92 Å². The topological polar surface area (TPSA) is 60.3 Å². The lowest BCUT2D eigenvalue weighted by molar-refractivity contribution is -0.138. The van der Waals surface area contributed by atoms with E-state index in [-0.39, 0.29) is 36.6 Å². The van der Waals surface area contributed by atoms with Crippen LogP contribution in [-0.4, -0.2) is 38.7 Å². The van der Waals surface area contributed by atoms with Crippen molar-refractivity contribution in [1.82, 2.24) is 19.7 Å². The van der Waals surface area contributed by atoms with Crippen molar-refractivity contribution in [2.45, 2.75) is 57.3 Å². The number of nitrogens with zero attached hydrogens (tertiary/aromatic N) is 4. The molecule has 2 aliphatic heterocycles. The van der Waals surface area contributed by atoms with Crippen molar-refractivity contribution in [2.75, 3.05) is 13.2 Å². The van der Waals surface area contributed by atoms with Gasteiger partial charge in [-0.2, -0.15) is 13.2 Å². The second-order valence-corrected chi connectivity index (χ2v) is 9.79. The standard InChI is InChI=1S/C26H26ClF3N4O2/c1-16-31-32-25(34(16)15-17-4-7-20(27)8-5-17)22-3-2-11-33(22)24(35)13-18-10-12-36-23-14-19(26(28,29)30)6-9-21(18)23/h4-9,14,18,22H,2-3,10-13,15H2,1H3/t18?,22-/m1/s1. The fraction of sp³-hybridized carbons (Fsp3) is 0.423. The third kappa shape index (κ3) is 4.93. The summed E-state index contributed by atoms with van der Waals surface area (Å²) in [6.45, 7) is 3.35. The number of benzene rings is 2. The van der Waals surface area contributed by atoms with E-state index < -0.39 is 11.7 Å². The average molecular weight is 519 g/mol. The Balaban J connectivity index is 1.34. The fourth-order valence-corrected chi connectivity index (χ4v) is 5.25. The number of halogens is 4. The average Bonchev–Trinajstić information content (AvgIpc) is 3.47. The highest BCUT2D eigenvalue weighted by atomic mass is 35.5. The summed E-state index contributed by atoms with van der Waals surface area (Å²) in [5.41, 5.74) is 0.958. The number of hydrogen-bond acceptors (Lipinski definition) is 4. The quantitative estimate of drug-likeness (QED) is 0.420. The summed E-state index contributed by atoms with van der Waals surface area (Å²) in [4.78, 5) is 15.3. The molecule has 0 aliphatic carbocycles. The van der Waals surface area contributed by atoms with Crippen molar-refractivity contribution in [2.24, 2.45) is 0 Å². The number of ether oxygens (including phenoxy) is 1. The number of alkyl halides is 3. The molecule has 0 saturated carbocycles. The minimum absolute atomic E-state index is 0.0334. The zero-order chi connectivity index (χ0) is 25.4. The van der Waals surface area contributed by atoms with Crippen LogP contribution in [0.2, 0.25) is 5.02 Å². The Morgan fingerprint density at radius 1 is 1.14 bits per heavy atom. The third-order valence-electron chi connectivity index (χ3n) is 7.02. The molecule has 0 N–H and O–H groups in total. The van der Waals surface area contributed by atoms with Gasteiger partial charge in [-0.15, -0.1) is 10.2 Å². The van der Waals surface area contributed by atoms with Crippen LogP contribution in [-0.2, 0) is 17.5 Å². The third-order valence-corrected chi connectivity index (χ3v) is 7.27. The van der Waals surface area contributed by atoms with Gasteiger partial charge in [-0.1, -0.05) is 29.8 Å². The van der Waals surface area contributed by atoms with Crippen molar-refractivity contribution < 1.29 is 22.7 Å². The largest absolute Gasteiger partial charge is 0.493 e. The first-order valence-electron chi connectivity index (χ1n) is 12.0. The van der Waals surface area contributed by atoms with Gasteiger partial charge in [0.25, 0.3) is 0 Å². The van der Waals surface area contributed by atoms with Gasteiger partial charge < -0.3 is 14.2 Å². The van der Waals surface area contributed by atoms with Crippen LogP contribution in [0.1, 0.15) is 66.0 Å². The lowest BCUT2D eigenvalue weighted by Crippen LogP contribution is -2.33. The van der Waals surface area contributed by atoms with Crippen LogP contribution < -0.4 is 4.74 Å². The Labute approximate surface area is 212 Å². The van der Waals surface area contributed by atoms with E-state index >= 15 is 0 Å². The first kappa shape index (κ1) is 24.6. The van der Waals surface area contributed by atoms with E-state index in [9.17, 15) is 18.0 Å². The molecule has 190 valence electrons. The molecule has 2 aromatic carbocycles. The van der Waals surface area contributed by atoms with Crippen molar-refractivity contribution in [3.05, 3.63) is 75.8 Å². The summed E-state index contributed by atoms with van der Waals surface area (Å²) in [6.07, 6.45) is -2.02. The van der Waals surface area contributed by atoms with E-state index in [1.54, 1.807) is 0 Å². The molecule has 0 bridgehead atoms. The van der Waals surface area contributed by atoms with Crippen LogP contribution in [0.25, 0.3) is 0 Å². The number of likely N-dealkylation sites (tertiary alicyclic amines) is 1. The van der Waals surface area contributed by atoms with Gasteiger partial charge in [-0.05, 0) is 67.5 Å². The molecule has 0 spiro atoms. The number of aromatic nitrogens is 3. The Morgan fingerprint density at radius 2 is 1.92 bits per heavy atom. The number of rotatable bonds is 5. The highest BCUT2D eigenvalue weighted by Gasteiger charge is 2.37. The number of amides is 1. The Bertz CT molecular complexity index is 1260. The minimum atomic E-state index is -4.44. The van der Waals surface area contributed by atoms with Gasteiger partial charge in [0.2, 0.25) is 5.91 Å². The van der Waals surface area contributed by atoms with E-state index in [1.165, 1.54) is 6.07 Å². The predicted octanol–water partition coefficient (Wildman–Crippen LogP) is 5.93. The molecule has 1 unspecified atom stereocenters. The SMILES string of the molecule is Cc1nnc([C@H]2CCCN2C(=O)CC2CCOc3cc(C(F)(F)F)ccc32)n1Cc1ccc(Cl)cc1. The van der Waals surface area contributed by atoms with Crippen molar-refractivity contribution >= 4 is 17.5 Å². The summed E-state index contributed by atoms with van der Waals surface area (Å²) < 4.78 is 46.9. The van der Waals surface area contributed by atoms with E-state index in [0.29, 0.717) is 30.1 Å². The molecule has 3 aromatic rings. The number of aryl methyl sites for hydroxylation is 1. The molecule has 36 heavy (non-hydrogen) atoms. The van der Waals surface area contributed by atoms with Crippen molar-refractivity contribution in [3.8, 4) is 5.75 Å². The Morgan fingerprint density at radius 3 is 2.67 bits per heavy atom. The number of carbonyl (C=O) groups is 1. The number of hydrogen-bond donors (Lipinski definition) is 0. The van der Waals surface area contributed by atoms with Crippen molar-refractivity contribution in [1.29, 1.82) is 0 Å². The van der Waals surface area contributed by atoms with Gasteiger partial charge in [0.15, 0.2) is 5.82 Å². The highest BCUT2D eigenvalue weighted by Crippen LogP contribution is 2.41. The molecule has 2 atom stereocenters. The predicted molar refractivity (Wildman–Crippen MR) is 128 cm³/mol. The molecule has 1 fully saturated rings. The lowest BCUT2D eigenvalue weighted by Gasteiger charge is -2.30. The highest BCUT2D eigenvalue weighted by molar-refractivity contribution is 6.30. The van der Waals surface area contributed by atoms with Crippen LogP contribution in [0.5, 0.6) is 5.75 Å². The molecule has 1 amide bonds. The van der Waals surface area contributed by atoms with E-state index in [1.807, 2.05) is 40.7 Å². The van der Waals surface area contributed by atoms with E-state index in [2.05, 4.69) is 10.2 Å². The van der Waals surface area contributed by atoms with Crippen LogP contribution in [0.4, 0.5) is 13.2 Å². The van der Waals surface area contributed by atoms with Gasteiger partial charge in [0, 0.05) is 18.0 Å². The normalized spacial score (nSPS) is 19.8. The van der Waals surface area contributed by atoms with Gasteiger partial charge in [-0.25, -0.2) is 0 Å². The zero-order valence-corrected chi connectivity index (χ0v) is 20.5. The summed E-state index contributed by atoms with van der Waals surface area (Å²) >= 11 is 6.02. The molecule has 0 radical (unpaired) electrons. The Hall–Kier alpha value is -3.07. The first-order valence-corrected chi connectivity index (χ1v) is 12.4. The van der Waals surface area contributed by atoms with Crippen LogP contribution in [0.3, 0.4) is 0 Å². The minimum Gasteiger partial charge on any atom is -0.493 e. The van der Waals surface area contributed by atoms with E-state index in [0.717, 1.165) is 42.2 Å². The molecule has 1 aromatic heterocycles. The van der Waals surface area contributed by atoms with Gasteiger partial charge in [-0.3, -0.25) is 4.79 Å². The monoisotopic (exact) mass is 518 g/mol. The maximum atomic E-state index is 13.5. The maximum Gasteiger partial charge on any atom is 0.416 e. The second-order valence-electron chi connectivity index (χ2n) is 9.35. The zero-order valence-electron chi connectivity index (χ0n) is 19.8. The second kappa shape index (κ2) is 9.76. The fourth-order valence-electron chi connectivity index (χ4n) is 5.12. The Kier molecular flexibility index (Phi) is 6.68. The summed E-state index contributed by atoms with van der Waals surface area (Å²) in [5.74, 6) is 1.49. The number of fused-ring (bicyclic) bond motifs is 1. The number of carbonyl (C=O) groups excluding carboxylic acids is 1. The molecular weight excluding hydrogens is 493 g/mol. The lowest BCUT2D eigenvalue weighted by atomic mass is 9.89. The van der Waals surface area contributed by atoms with Gasteiger partial charge in [0.05, 0.1) is 24.8 Å². The molecule has 1 saturated heterocycles. The van der Waals surface area contributed by atoms with Gasteiger partial charge in [0.1, 0.15) is 11.6 Å². The van der Waals surface area contributed by atoms with Crippen molar-refractivity contribution in [3.63, 3.8) is 0 Å². The molecule has 2 aliphatic rings. The summed E-state index contributed by atoms with van der Waals surface area (Å²) in [5, 5.41) is 9.37. The first-order chi connectivity index (χ1) is 17.2. The summed E-state index contributed by atoms with van der Waals surface area (Å²) in [6, 6.07) is 10.9. The molecule has 6 nitrogen and oxygen atoms in total. The molecular formula is C26H26ClF3N4O2. The molecule has 5 rings (SSSR count). The van der Waals surface area contributed by atoms with E-state index in [4.69, 9.17) is 16.3 Å². The summed E-state index contributed by atoms with van der Waals surface area (Å²) in [7, 11) is 0. The molecule has 10 heteroatoms. The smallest absolute Gasteiger partial charge is 0.416 e. The van der Waals surface area contributed by atoms with Gasteiger partial charge >= 0.3 is 6.18 Å². The van der Waals surface area contributed by atoms with Crippen LogP contribution >= 0.6 is 11.6 Å². The molecule has 3 heterocycles. The maximum absolute atomic E-state index is 13.5. The van der Waals surface area contributed by atoms with Crippen LogP contribution in [0.15, 0.2) is 42.5 Å².